The first-order chi connectivity index (χ1) is 21.3. The van der Waals surface area contributed by atoms with Crippen LogP contribution in [0, 0.1) is 5.92 Å². The van der Waals surface area contributed by atoms with Crippen LogP contribution in [-0.2, 0) is 6.54 Å². The highest BCUT2D eigenvalue weighted by Gasteiger charge is 2.36. The van der Waals surface area contributed by atoms with Crippen LogP contribution in [0.2, 0.25) is 5.02 Å². The molecule has 44 heavy (non-hydrogen) atoms. The smallest absolute Gasteiger partial charge is 0.261 e. The van der Waals surface area contributed by atoms with Gasteiger partial charge in [0, 0.05) is 46.8 Å². The van der Waals surface area contributed by atoms with Crippen molar-refractivity contribution in [3.05, 3.63) is 142 Å². The lowest BCUT2D eigenvalue weighted by Gasteiger charge is -2.36. The van der Waals surface area contributed by atoms with Crippen LogP contribution in [0.15, 0.2) is 109 Å². The van der Waals surface area contributed by atoms with Crippen LogP contribution in [0.25, 0.3) is 10.9 Å². The molecule has 0 radical (unpaired) electrons. The van der Waals surface area contributed by atoms with E-state index in [0.29, 0.717) is 41.2 Å². The lowest BCUT2D eigenvalue weighted by molar-refractivity contribution is 0.0581. The Kier molecular flexibility index (Phi) is 8.36. The van der Waals surface area contributed by atoms with Gasteiger partial charge in [0.2, 0.25) is 0 Å². The lowest BCUT2D eigenvalue weighted by Crippen LogP contribution is -2.41. The molecule has 1 aromatic heterocycles. The third-order valence-corrected chi connectivity index (χ3v) is 8.52. The fourth-order valence-electron chi connectivity index (χ4n) is 6.27. The maximum Gasteiger partial charge on any atom is 0.261 e. The van der Waals surface area contributed by atoms with Gasteiger partial charge in [-0.25, -0.2) is 0 Å². The maximum atomic E-state index is 14.3. The number of amides is 3. The van der Waals surface area contributed by atoms with E-state index in [9.17, 15) is 14.4 Å². The highest BCUT2D eigenvalue weighted by molar-refractivity contribution is 6.31. The average molecular weight is 604 g/mol. The number of halogens is 1. The second kappa shape index (κ2) is 12.5. The molecule has 6 nitrogen and oxygen atoms in total. The standard InChI is InChI=1S/C37H34ClN3O3/c1-25(2)34(33-23-28-22-29(38)18-19-32(28)41(33)24-26-12-5-3-6-13-26)39(35(42)27-14-7-4-8-15-27)20-11-21-40-36(43)30-16-9-10-17-31(30)37(40)44/h3-10,12-19,22-23,25,34H,11,20-21,24H2,1-2H3. The first-order valence-electron chi connectivity index (χ1n) is 15.0. The average Bonchev–Trinajstić information content (AvgIpc) is 3.50. The van der Waals surface area contributed by atoms with E-state index in [2.05, 4.69) is 36.6 Å². The number of hydrogen-bond acceptors (Lipinski definition) is 3. The Balaban J connectivity index is 1.38. The van der Waals surface area contributed by atoms with Crippen molar-refractivity contribution < 1.29 is 14.4 Å². The third-order valence-electron chi connectivity index (χ3n) is 8.29. The molecule has 1 aliphatic heterocycles. The number of hydrogen-bond donors (Lipinski definition) is 0. The largest absolute Gasteiger partial charge is 0.338 e. The number of aromatic nitrogens is 1. The molecule has 3 amide bonds. The molecule has 4 aromatic carbocycles. The minimum Gasteiger partial charge on any atom is -0.338 e. The van der Waals surface area contributed by atoms with Crippen molar-refractivity contribution >= 4 is 40.2 Å². The van der Waals surface area contributed by atoms with Gasteiger partial charge in [0.15, 0.2) is 0 Å². The topological polar surface area (TPSA) is 62.6 Å². The van der Waals surface area contributed by atoms with Crippen molar-refractivity contribution in [1.82, 2.24) is 14.4 Å². The van der Waals surface area contributed by atoms with Gasteiger partial charge in [0.25, 0.3) is 17.7 Å². The molecule has 1 atom stereocenters. The van der Waals surface area contributed by atoms with Crippen LogP contribution in [0.3, 0.4) is 0 Å². The summed E-state index contributed by atoms with van der Waals surface area (Å²) in [7, 11) is 0. The Morgan fingerprint density at radius 1 is 0.795 bits per heavy atom. The molecule has 1 aliphatic rings. The first-order valence-corrected chi connectivity index (χ1v) is 15.3. The molecule has 0 fully saturated rings. The molecular formula is C37H34ClN3O3. The Morgan fingerprint density at radius 2 is 1.41 bits per heavy atom. The number of carbonyl (C=O) groups is 3. The van der Waals surface area contributed by atoms with Gasteiger partial charge in [-0.3, -0.25) is 19.3 Å². The third kappa shape index (κ3) is 5.65. The van der Waals surface area contributed by atoms with Gasteiger partial charge in [-0.05, 0) is 66.4 Å². The maximum absolute atomic E-state index is 14.3. The van der Waals surface area contributed by atoms with Gasteiger partial charge < -0.3 is 9.47 Å². The molecule has 0 bridgehead atoms. The summed E-state index contributed by atoms with van der Waals surface area (Å²) in [6, 6.07) is 34.2. The summed E-state index contributed by atoms with van der Waals surface area (Å²) in [5.41, 5.74) is 4.64. The van der Waals surface area contributed by atoms with Crippen molar-refractivity contribution in [3.8, 4) is 0 Å². The number of carbonyl (C=O) groups excluding carboxylic acids is 3. The number of imide groups is 1. The summed E-state index contributed by atoms with van der Waals surface area (Å²) in [6.07, 6.45) is 0.442. The minimum atomic E-state index is -0.292. The van der Waals surface area contributed by atoms with Crippen LogP contribution in [0.5, 0.6) is 0 Å². The fourth-order valence-corrected chi connectivity index (χ4v) is 6.45. The molecule has 7 heteroatoms. The highest BCUT2D eigenvalue weighted by atomic mass is 35.5. The number of nitrogens with zero attached hydrogens (tertiary/aromatic N) is 3. The van der Waals surface area contributed by atoms with Crippen molar-refractivity contribution in [1.29, 1.82) is 0 Å². The molecule has 0 spiro atoms. The van der Waals surface area contributed by atoms with Crippen molar-refractivity contribution in [2.75, 3.05) is 13.1 Å². The van der Waals surface area contributed by atoms with Crippen molar-refractivity contribution in [2.24, 2.45) is 5.92 Å². The normalized spacial score (nSPS) is 13.5. The summed E-state index contributed by atoms with van der Waals surface area (Å²) in [5, 5.41) is 1.66. The Morgan fingerprint density at radius 3 is 2.05 bits per heavy atom. The molecular weight excluding hydrogens is 570 g/mol. The summed E-state index contributed by atoms with van der Waals surface area (Å²) in [6.45, 7) is 5.46. The van der Waals surface area contributed by atoms with E-state index >= 15 is 0 Å². The van der Waals surface area contributed by atoms with Crippen LogP contribution < -0.4 is 0 Å². The summed E-state index contributed by atoms with van der Waals surface area (Å²) < 4.78 is 2.28. The number of benzene rings is 4. The van der Waals surface area contributed by atoms with E-state index in [0.717, 1.165) is 22.2 Å². The van der Waals surface area contributed by atoms with Crippen LogP contribution in [0.1, 0.15) is 68.6 Å². The molecule has 2 heterocycles. The Labute approximate surface area is 262 Å². The zero-order chi connectivity index (χ0) is 30.8. The molecule has 222 valence electrons. The SMILES string of the molecule is CC(C)C(c1cc2cc(Cl)ccc2n1Cc1ccccc1)N(CCCN1C(=O)c2ccccc2C1=O)C(=O)c1ccccc1. The van der Waals surface area contributed by atoms with Gasteiger partial charge in [0.1, 0.15) is 0 Å². The van der Waals surface area contributed by atoms with Crippen LogP contribution >= 0.6 is 11.6 Å². The molecule has 5 aromatic rings. The molecule has 1 unspecified atom stereocenters. The second-order valence-electron chi connectivity index (χ2n) is 11.6. The number of fused-ring (bicyclic) bond motifs is 2. The minimum absolute atomic E-state index is 0.0521. The Bertz CT molecular complexity index is 1800. The van der Waals surface area contributed by atoms with Gasteiger partial charge >= 0.3 is 0 Å². The van der Waals surface area contributed by atoms with E-state index in [1.807, 2.05) is 71.6 Å². The van der Waals surface area contributed by atoms with E-state index in [1.54, 1.807) is 24.3 Å². The Hall–Kier alpha value is -4.68. The molecule has 0 N–H and O–H groups in total. The van der Waals surface area contributed by atoms with E-state index in [1.165, 1.54) is 4.90 Å². The zero-order valence-electron chi connectivity index (χ0n) is 24.8. The summed E-state index contributed by atoms with van der Waals surface area (Å²) in [4.78, 5) is 43.6. The number of rotatable bonds is 10. The van der Waals surface area contributed by atoms with Crippen LogP contribution in [0.4, 0.5) is 0 Å². The highest BCUT2D eigenvalue weighted by Crippen LogP contribution is 2.36. The van der Waals surface area contributed by atoms with Crippen LogP contribution in [-0.4, -0.2) is 45.2 Å². The monoisotopic (exact) mass is 603 g/mol. The summed E-state index contributed by atoms with van der Waals surface area (Å²) >= 11 is 6.43. The predicted octanol–water partition coefficient (Wildman–Crippen LogP) is 7.87. The molecule has 0 saturated carbocycles. The lowest BCUT2D eigenvalue weighted by atomic mass is 9.97. The predicted molar refractivity (Wildman–Crippen MR) is 174 cm³/mol. The van der Waals surface area contributed by atoms with Gasteiger partial charge in [0.05, 0.1) is 17.2 Å². The molecule has 0 saturated heterocycles. The van der Waals surface area contributed by atoms with E-state index in [-0.39, 0.29) is 36.2 Å². The van der Waals surface area contributed by atoms with Gasteiger partial charge in [-0.2, -0.15) is 0 Å². The van der Waals surface area contributed by atoms with E-state index in [4.69, 9.17) is 11.6 Å². The first kappa shape index (κ1) is 29.4. The summed E-state index contributed by atoms with van der Waals surface area (Å²) in [5.74, 6) is -0.615. The molecule has 6 rings (SSSR count). The van der Waals surface area contributed by atoms with Crippen molar-refractivity contribution in [3.63, 3.8) is 0 Å². The zero-order valence-corrected chi connectivity index (χ0v) is 25.6. The fraction of sp³-hybridized carbons (Fsp3) is 0.216. The molecule has 0 aliphatic carbocycles. The second-order valence-corrected chi connectivity index (χ2v) is 12.0. The quantitative estimate of drug-likeness (QED) is 0.153. The van der Waals surface area contributed by atoms with Gasteiger partial charge in [-0.15, -0.1) is 0 Å². The van der Waals surface area contributed by atoms with Crippen molar-refractivity contribution in [2.45, 2.75) is 32.9 Å². The van der Waals surface area contributed by atoms with E-state index < -0.39 is 0 Å². The van der Waals surface area contributed by atoms with Gasteiger partial charge in [-0.1, -0.05) is 86.1 Å².